The molecule has 0 aliphatic heterocycles. The van der Waals surface area contributed by atoms with Gasteiger partial charge in [-0.1, -0.05) is 25.6 Å². The number of amides is 1. The zero-order valence-corrected chi connectivity index (χ0v) is 18.3. The molecule has 1 amide bonds. The zero-order valence-electron chi connectivity index (χ0n) is 17.5. The molecule has 13 heteroatoms. The maximum absolute atomic E-state index is 12.8. The van der Waals surface area contributed by atoms with Gasteiger partial charge in [0.15, 0.2) is 22.5 Å². The van der Waals surface area contributed by atoms with Crippen molar-refractivity contribution in [2.75, 3.05) is 11.5 Å². The summed E-state index contributed by atoms with van der Waals surface area (Å²) < 4.78 is 8.13. The number of ketones is 1. The predicted octanol–water partition coefficient (Wildman–Crippen LogP) is 0.477. The summed E-state index contributed by atoms with van der Waals surface area (Å²) in [5, 5.41) is 8.48. The Morgan fingerprint density at radius 1 is 1.25 bits per heavy atom. The quantitative estimate of drug-likeness (QED) is 0.285. The molecular formula is C19H23N7O5S. The highest BCUT2D eigenvalue weighted by atomic mass is 32.2. The first-order valence-electron chi connectivity index (χ1n) is 9.73. The Kier molecular flexibility index (Phi) is 6.98. The van der Waals surface area contributed by atoms with Gasteiger partial charge in [-0.25, -0.2) is 4.79 Å². The van der Waals surface area contributed by atoms with Gasteiger partial charge in [0.1, 0.15) is 11.4 Å². The summed E-state index contributed by atoms with van der Waals surface area (Å²) >= 11 is 1.01. The summed E-state index contributed by atoms with van der Waals surface area (Å²) in [5.74, 6) is -0.583. The molecule has 0 radical (unpaired) electrons. The van der Waals surface area contributed by atoms with Crippen molar-refractivity contribution in [3.63, 3.8) is 0 Å². The number of Topliss-reactive ketones (excluding diaryl/α,β-unsaturated/α-hetero) is 1. The molecule has 3 heterocycles. The molecule has 0 unspecified atom stereocenters. The average molecular weight is 462 g/mol. The number of carbonyl (C=O) groups excluding carboxylic acids is 2. The molecule has 5 N–H and O–H groups in total. The number of H-pyrrole nitrogens is 1. The molecule has 0 saturated carbocycles. The number of anilines is 1. The van der Waals surface area contributed by atoms with Crippen LogP contribution in [0.4, 0.5) is 5.82 Å². The molecule has 0 aliphatic carbocycles. The SMILES string of the molecule is CC(C)Cn1c(N)c(C(=O)CSc2nnc(-c3ccco3)n2CCC(N)=O)c(=O)[nH]c1=O. The molecule has 170 valence electrons. The molecule has 3 rings (SSSR count). The Labute approximate surface area is 186 Å². The molecule has 0 atom stereocenters. The fraction of sp³-hybridized carbons (Fsp3) is 0.368. The molecule has 32 heavy (non-hydrogen) atoms. The summed E-state index contributed by atoms with van der Waals surface area (Å²) in [5.41, 5.74) is 9.47. The number of aromatic nitrogens is 5. The second-order valence-electron chi connectivity index (χ2n) is 7.39. The Bertz CT molecular complexity index is 1240. The van der Waals surface area contributed by atoms with E-state index >= 15 is 0 Å². The summed E-state index contributed by atoms with van der Waals surface area (Å²) in [4.78, 5) is 50.6. The van der Waals surface area contributed by atoms with Gasteiger partial charge in [-0.2, -0.15) is 0 Å². The smallest absolute Gasteiger partial charge is 0.329 e. The van der Waals surface area contributed by atoms with Gasteiger partial charge in [-0.3, -0.25) is 28.5 Å². The molecule has 0 saturated heterocycles. The minimum atomic E-state index is -0.843. The highest BCUT2D eigenvalue weighted by Crippen LogP contribution is 2.25. The Balaban J connectivity index is 1.87. The minimum absolute atomic E-state index is 0.0278. The van der Waals surface area contributed by atoms with E-state index in [1.54, 1.807) is 16.7 Å². The maximum atomic E-state index is 12.8. The van der Waals surface area contributed by atoms with Crippen LogP contribution in [0.1, 0.15) is 30.6 Å². The number of hydrogen-bond acceptors (Lipinski definition) is 9. The number of aromatic amines is 1. The fourth-order valence-corrected chi connectivity index (χ4v) is 3.85. The first-order valence-corrected chi connectivity index (χ1v) is 10.7. The normalized spacial score (nSPS) is 11.2. The number of rotatable bonds is 10. The van der Waals surface area contributed by atoms with E-state index in [1.165, 1.54) is 10.8 Å². The molecule has 12 nitrogen and oxygen atoms in total. The zero-order chi connectivity index (χ0) is 23.4. The Morgan fingerprint density at radius 2 is 2.00 bits per heavy atom. The third kappa shape index (κ3) is 4.99. The van der Waals surface area contributed by atoms with Crippen LogP contribution in [0.3, 0.4) is 0 Å². The number of nitrogens with zero attached hydrogens (tertiary/aromatic N) is 4. The summed E-state index contributed by atoms with van der Waals surface area (Å²) in [7, 11) is 0. The highest BCUT2D eigenvalue weighted by molar-refractivity contribution is 7.99. The molecule has 3 aromatic rings. The lowest BCUT2D eigenvalue weighted by Gasteiger charge is -2.13. The second-order valence-corrected chi connectivity index (χ2v) is 8.33. The van der Waals surface area contributed by atoms with E-state index in [-0.39, 0.29) is 42.6 Å². The number of nitrogen functional groups attached to an aromatic ring is 1. The molecule has 0 aliphatic rings. The number of nitrogens with two attached hydrogens (primary N) is 2. The lowest BCUT2D eigenvalue weighted by molar-refractivity contribution is -0.118. The standard InChI is InChI=1S/C19H23N7O5S/c1-10(2)8-26-15(21)14(17(29)22-18(26)30)11(27)9-32-19-24-23-16(12-4-3-7-31-12)25(19)6-5-13(20)28/h3-4,7,10H,5-6,8-9,21H2,1-2H3,(H2,20,28)(H,22,29,30). The molecular weight excluding hydrogens is 438 g/mol. The molecule has 0 spiro atoms. The summed E-state index contributed by atoms with van der Waals surface area (Å²) in [6.45, 7) is 4.19. The largest absolute Gasteiger partial charge is 0.461 e. The van der Waals surface area contributed by atoms with Crippen molar-refractivity contribution in [3.8, 4) is 11.6 Å². The number of primary amides is 1. The summed E-state index contributed by atoms with van der Waals surface area (Å²) in [6.07, 6.45) is 1.50. The first kappa shape index (κ1) is 23.1. The third-order valence-electron chi connectivity index (χ3n) is 4.44. The highest BCUT2D eigenvalue weighted by Gasteiger charge is 2.22. The van der Waals surface area contributed by atoms with Crippen molar-refractivity contribution in [2.24, 2.45) is 11.7 Å². The summed E-state index contributed by atoms with van der Waals surface area (Å²) in [6, 6.07) is 3.36. The van der Waals surface area contributed by atoms with Gasteiger partial charge in [0.2, 0.25) is 5.91 Å². The Morgan fingerprint density at radius 3 is 2.62 bits per heavy atom. The monoisotopic (exact) mass is 461 g/mol. The number of carbonyl (C=O) groups is 2. The number of nitrogens with one attached hydrogen (secondary N) is 1. The van der Waals surface area contributed by atoms with Crippen molar-refractivity contribution >= 4 is 29.3 Å². The van der Waals surface area contributed by atoms with Crippen LogP contribution in [-0.2, 0) is 17.9 Å². The van der Waals surface area contributed by atoms with E-state index in [9.17, 15) is 19.2 Å². The lowest BCUT2D eigenvalue weighted by Crippen LogP contribution is -2.37. The minimum Gasteiger partial charge on any atom is -0.461 e. The first-order chi connectivity index (χ1) is 15.2. The van der Waals surface area contributed by atoms with Crippen LogP contribution in [0.25, 0.3) is 11.6 Å². The van der Waals surface area contributed by atoms with Crippen LogP contribution in [0, 0.1) is 5.92 Å². The molecule has 3 aromatic heterocycles. The van der Waals surface area contributed by atoms with Crippen LogP contribution in [-0.4, -0.2) is 41.8 Å². The van der Waals surface area contributed by atoms with Gasteiger partial charge in [0.25, 0.3) is 5.56 Å². The van der Waals surface area contributed by atoms with Crippen molar-refractivity contribution in [1.82, 2.24) is 24.3 Å². The van der Waals surface area contributed by atoms with Crippen molar-refractivity contribution in [2.45, 2.75) is 38.5 Å². The van der Waals surface area contributed by atoms with Gasteiger partial charge in [0, 0.05) is 19.5 Å². The van der Waals surface area contributed by atoms with Crippen molar-refractivity contribution in [3.05, 3.63) is 44.8 Å². The number of furan rings is 1. The van der Waals surface area contributed by atoms with Crippen LogP contribution in [0.5, 0.6) is 0 Å². The third-order valence-corrected chi connectivity index (χ3v) is 5.41. The van der Waals surface area contributed by atoms with Gasteiger partial charge < -0.3 is 15.9 Å². The topological polar surface area (TPSA) is 185 Å². The van der Waals surface area contributed by atoms with Crippen LogP contribution in [0.15, 0.2) is 37.6 Å². The van der Waals surface area contributed by atoms with Gasteiger partial charge >= 0.3 is 5.69 Å². The van der Waals surface area contributed by atoms with Crippen molar-refractivity contribution < 1.29 is 14.0 Å². The van der Waals surface area contributed by atoms with Crippen LogP contribution < -0.4 is 22.7 Å². The second kappa shape index (κ2) is 9.68. The van der Waals surface area contributed by atoms with E-state index in [1.807, 2.05) is 13.8 Å². The predicted molar refractivity (Wildman–Crippen MR) is 117 cm³/mol. The fourth-order valence-electron chi connectivity index (χ4n) is 3.01. The van der Waals surface area contributed by atoms with Crippen LogP contribution in [0.2, 0.25) is 0 Å². The van der Waals surface area contributed by atoms with Crippen molar-refractivity contribution in [1.29, 1.82) is 0 Å². The van der Waals surface area contributed by atoms with Gasteiger partial charge in [0.05, 0.1) is 12.0 Å². The number of hydrogen-bond donors (Lipinski definition) is 3. The van der Waals surface area contributed by atoms with Gasteiger partial charge in [-0.15, -0.1) is 10.2 Å². The average Bonchev–Trinajstić information content (AvgIpc) is 3.37. The maximum Gasteiger partial charge on any atom is 0.329 e. The van der Waals surface area contributed by atoms with Crippen LogP contribution >= 0.6 is 11.8 Å². The Hall–Kier alpha value is -3.61. The lowest BCUT2D eigenvalue weighted by atomic mass is 10.2. The van der Waals surface area contributed by atoms with Gasteiger partial charge in [-0.05, 0) is 18.1 Å². The van der Waals surface area contributed by atoms with E-state index in [0.29, 0.717) is 16.7 Å². The molecule has 0 aromatic carbocycles. The molecule has 0 fully saturated rings. The molecule has 0 bridgehead atoms. The van der Waals surface area contributed by atoms with E-state index < -0.39 is 22.9 Å². The van der Waals surface area contributed by atoms with E-state index in [4.69, 9.17) is 15.9 Å². The number of thioether (sulfide) groups is 1. The van der Waals surface area contributed by atoms with E-state index in [0.717, 1.165) is 11.8 Å². The van der Waals surface area contributed by atoms with E-state index in [2.05, 4.69) is 15.2 Å².